The van der Waals surface area contributed by atoms with Crippen LogP contribution in [0.3, 0.4) is 0 Å². The van der Waals surface area contributed by atoms with Crippen LogP contribution in [-0.4, -0.2) is 50.0 Å². The highest BCUT2D eigenvalue weighted by molar-refractivity contribution is 8.21. The molecule has 6 rings (SSSR count). The molecule has 1 N–H and O–H groups in total. The summed E-state index contributed by atoms with van der Waals surface area (Å²) < 4.78 is 35.3. The molecule has 4 heterocycles. The zero-order valence-corrected chi connectivity index (χ0v) is 29.6. The van der Waals surface area contributed by atoms with Gasteiger partial charge in [0.05, 0.1) is 32.5 Å². The Hall–Kier alpha value is -2.06. The van der Waals surface area contributed by atoms with Crippen molar-refractivity contribution in [3.05, 3.63) is 22.3 Å². The Morgan fingerprint density at radius 2 is 0.977 bits per heavy atom. The molecule has 0 aliphatic carbocycles. The maximum atomic E-state index is 13.5. The van der Waals surface area contributed by atoms with Crippen LogP contribution < -0.4 is 18.9 Å². The Morgan fingerprint density at radius 3 is 1.39 bits per heavy atom. The Bertz CT molecular complexity index is 1400. The van der Waals surface area contributed by atoms with E-state index in [1.807, 2.05) is 0 Å². The molecular formula is C31H36O9S4. The van der Waals surface area contributed by atoms with Crippen molar-refractivity contribution in [3.63, 3.8) is 0 Å². The summed E-state index contributed by atoms with van der Waals surface area (Å²) in [4.78, 5) is 30.0. The SMILES string of the molecule is CCOC(=O)c1c2c(c(C(O)c3c4c(c(C(=O)OCC)c5c3SC(C)(C)S5)SC(C)(C)S4)c3c1OC(C)(C)O3)OC(C)(C)O2. The lowest BCUT2D eigenvalue weighted by Gasteiger charge is -2.24. The summed E-state index contributed by atoms with van der Waals surface area (Å²) in [6.45, 7) is 19.2. The average molecular weight is 681 g/mol. The maximum Gasteiger partial charge on any atom is 0.346 e. The van der Waals surface area contributed by atoms with Crippen molar-refractivity contribution in [2.75, 3.05) is 13.2 Å². The van der Waals surface area contributed by atoms with E-state index in [0.29, 0.717) is 11.1 Å². The van der Waals surface area contributed by atoms with Crippen LogP contribution in [0.2, 0.25) is 0 Å². The molecular weight excluding hydrogens is 645 g/mol. The zero-order chi connectivity index (χ0) is 32.1. The monoisotopic (exact) mass is 680 g/mol. The molecule has 0 radical (unpaired) electrons. The van der Waals surface area contributed by atoms with Gasteiger partial charge in [0.2, 0.25) is 11.6 Å². The molecule has 0 aromatic heterocycles. The second-order valence-corrected chi connectivity index (χ2v) is 19.5. The van der Waals surface area contributed by atoms with Gasteiger partial charge in [0.15, 0.2) is 28.6 Å². The lowest BCUT2D eigenvalue weighted by molar-refractivity contribution is -0.0503. The highest BCUT2D eigenvalue weighted by Gasteiger charge is 2.51. The summed E-state index contributed by atoms with van der Waals surface area (Å²) in [6, 6.07) is 0. The molecule has 13 heteroatoms. The third-order valence-electron chi connectivity index (χ3n) is 7.00. The van der Waals surface area contributed by atoms with Crippen LogP contribution in [0, 0.1) is 0 Å². The first-order chi connectivity index (χ1) is 20.4. The molecule has 238 valence electrons. The smallest absolute Gasteiger partial charge is 0.346 e. The van der Waals surface area contributed by atoms with E-state index < -0.39 is 23.6 Å². The number of aliphatic hydroxyl groups excluding tert-OH is 1. The predicted octanol–water partition coefficient (Wildman–Crippen LogP) is 8.00. The first-order valence-electron chi connectivity index (χ1n) is 14.4. The topological polar surface area (TPSA) is 110 Å². The van der Waals surface area contributed by atoms with E-state index in [4.69, 9.17) is 28.4 Å². The molecule has 0 amide bonds. The quantitative estimate of drug-likeness (QED) is 0.298. The fraction of sp³-hybridized carbons (Fsp3) is 0.548. The molecule has 0 spiro atoms. The largest absolute Gasteiger partial charge is 0.462 e. The van der Waals surface area contributed by atoms with Crippen molar-refractivity contribution in [1.29, 1.82) is 0 Å². The fourth-order valence-corrected chi connectivity index (χ4v) is 11.6. The first-order valence-corrected chi connectivity index (χ1v) is 17.7. The second-order valence-electron chi connectivity index (χ2n) is 12.5. The van der Waals surface area contributed by atoms with Gasteiger partial charge in [-0.15, -0.1) is 47.0 Å². The molecule has 0 saturated heterocycles. The number of rotatable bonds is 6. The number of ether oxygens (including phenoxy) is 6. The Balaban J connectivity index is 1.66. The van der Waals surface area contributed by atoms with E-state index in [1.54, 1.807) is 88.6 Å². The van der Waals surface area contributed by atoms with Gasteiger partial charge in [-0.3, -0.25) is 0 Å². The normalized spacial score (nSPS) is 21.1. The lowest BCUT2D eigenvalue weighted by Crippen LogP contribution is -2.31. The minimum absolute atomic E-state index is 0.0502. The Kier molecular flexibility index (Phi) is 7.60. The van der Waals surface area contributed by atoms with E-state index in [1.165, 1.54) is 0 Å². The van der Waals surface area contributed by atoms with Gasteiger partial charge < -0.3 is 33.5 Å². The Labute approximate surface area is 274 Å². The van der Waals surface area contributed by atoms with Gasteiger partial charge in [-0.1, -0.05) is 0 Å². The van der Waals surface area contributed by atoms with Gasteiger partial charge in [0, 0.05) is 52.8 Å². The van der Waals surface area contributed by atoms with Crippen LogP contribution in [0.25, 0.3) is 0 Å². The van der Waals surface area contributed by atoms with Gasteiger partial charge in [0.25, 0.3) is 0 Å². The van der Waals surface area contributed by atoms with E-state index in [0.717, 1.165) is 19.6 Å². The van der Waals surface area contributed by atoms with Crippen LogP contribution in [0.4, 0.5) is 0 Å². The fourth-order valence-electron chi connectivity index (χ4n) is 5.62. The standard InChI is InChI=1S/C31H36O9S4/c1-11-35-26(33)15-20-18(37-28(3,4)39-20)13(19-21(15)40-29(5,6)38-19)17(32)14-22-24(43-30(7,8)41-22)16(27(34)36-12-2)25-23(14)42-31(9,10)44-25/h17,32H,11-12H2,1-10H3. The molecule has 4 aliphatic heterocycles. The van der Waals surface area contributed by atoms with Gasteiger partial charge in [-0.2, -0.15) is 0 Å². The van der Waals surface area contributed by atoms with E-state index in [-0.39, 0.29) is 61.5 Å². The van der Waals surface area contributed by atoms with Crippen molar-refractivity contribution >= 4 is 59.0 Å². The number of carbonyl (C=O) groups excluding carboxylic acids is 2. The molecule has 44 heavy (non-hydrogen) atoms. The number of thioether (sulfide) groups is 4. The number of benzene rings is 2. The number of esters is 2. The molecule has 0 bridgehead atoms. The molecule has 0 saturated carbocycles. The molecule has 1 unspecified atom stereocenters. The van der Waals surface area contributed by atoms with Crippen molar-refractivity contribution in [2.45, 2.75) is 115 Å². The summed E-state index contributed by atoms with van der Waals surface area (Å²) in [6.07, 6.45) is -1.30. The van der Waals surface area contributed by atoms with Gasteiger partial charge in [0.1, 0.15) is 6.10 Å². The molecule has 9 nitrogen and oxygen atoms in total. The summed E-state index contributed by atoms with van der Waals surface area (Å²) >= 11 is 6.36. The number of carbonyl (C=O) groups is 2. The lowest BCUT2D eigenvalue weighted by atomic mass is 9.95. The van der Waals surface area contributed by atoms with Crippen LogP contribution in [0.5, 0.6) is 23.0 Å². The summed E-state index contributed by atoms with van der Waals surface area (Å²) in [5, 5.41) is 12.6. The molecule has 4 aliphatic rings. The predicted molar refractivity (Wildman–Crippen MR) is 171 cm³/mol. The molecule has 1 atom stereocenters. The Morgan fingerprint density at radius 1 is 0.614 bits per heavy atom. The summed E-state index contributed by atoms with van der Waals surface area (Å²) in [5.41, 5.74) is 1.52. The van der Waals surface area contributed by atoms with Crippen molar-refractivity contribution < 1.29 is 43.1 Å². The highest BCUT2D eigenvalue weighted by atomic mass is 32.2. The van der Waals surface area contributed by atoms with Gasteiger partial charge >= 0.3 is 11.9 Å². The van der Waals surface area contributed by atoms with Crippen LogP contribution in [-0.2, 0) is 9.47 Å². The molecule has 0 fully saturated rings. The maximum absolute atomic E-state index is 13.5. The number of aliphatic hydroxyl groups is 1. The van der Waals surface area contributed by atoms with Crippen LogP contribution in [0.1, 0.15) is 107 Å². The van der Waals surface area contributed by atoms with E-state index in [2.05, 4.69) is 27.7 Å². The van der Waals surface area contributed by atoms with Crippen LogP contribution >= 0.6 is 47.0 Å². The molecule has 2 aromatic carbocycles. The summed E-state index contributed by atoms with van der Waals surface area (Å²) in [7, 11) is 0. The van der Waals surface area contributed by atoms with Crippen LogP contribution in [0.15, 0.2) is 19.6 Å². The minimum atomic E-state index is -1.30. The number of hydrogen-bond donors (Lipinski definition) is 1. The van der Waals surface area contributed by atoms with Gasteiger partial charge in [-0.25, -0.2) is 9.59 Å². The second kappa shape index (κ2) is 10.5. The molecule has 2 aromatic rings. The third-order valence-corrected chi connectivity index (χ3v) is 12.7. The number of hydrogen-bond acceptors (Lipinski definition) is 13. The summed E-state index contributed by atoms with van der Waals surface area (Å²) in [5.74, 6) is -2.70. The number of fused-ring (bicyclic) bond motifs is 4. The zero-order valence-electron chi connectivity index (χ0n) is 26.3. The van der Waals surface area contributed by atoms with E-state index in [9.17, 15) is 14.7 Å². The third kappa shape index (κ3) is 5.20. The van der Waals surface area contributed by atoms with Crippen molar-refractivity contribution in [3.8, 4) is 23.0 Å². The average Bonchev–Trinajstić information content (AvgIpc) is 3.56. The highest BCUT2D eigenvalue weighted by Crippen LogP contribution is 2.68. The van der Waals surface area contributed by atoms with E-state index >= 15 is 0 Å². The first kappa shape index (κ1) is 31.9. The van der Waals surface area contributed by atoms with Crippen molar-refractivity contribution in [2.24, 2.45) is 0 Å². The van der Waals surface area contributed by atoms with Crippen molar-refractivity contribution in [1.82, 2.24) is 0 Å². The minimum Gasteiger partial charge on any atom is -0.462 e. The van der Waals surface area contributed by atoms with Gasteiger partial charge in [-0.05, 0) is 41.5 Å².